The van der Waals surface area contributed by atoms with Gasteiger partial charge in [0.1, 0.15) is 5.75 Å². The highest BCUT2D eigenvalue weighted by atomic mass is 19.3. The lowest BCUT2D eigenvalue weighted by atomic mass is 10.2. The molecule has 0 amide bonds. The normalized spacial score (nSPS) is 11.5. The fraction of sp³-hybridized carbons (Fsp3) is 0.273. The molecule has 0 bridgehead atoms. The van der Waals surface area contributed by atoms with Crippen molar-refractivity contribution in [2.24, 2.45) is 4.99 Å². The molecule has 30 heavy (non-hydrogen) atoms. The van der Waals surface area contributed by atoms with Gasteiger partial charge in [-0.15, -0.1) is 0 Å². The van der Waals surface area contributed by atoms with Crippen LogP contribution in [-0.2, 0) is 19.6 Å². The van der Waals surface area contributed by atoms with E-state index in [-0.39, 0.29) is 5.75 Å². The molecule has 0 saturated carbocycles. The van der Waals surface area contributed by atoms with Crippen LogP contribution in [0.1, 0.15) is 23.6 Å². The summed E-state index contributed by atoms with van der Waals surface area (Å²) in [6, 6.07) is 16.8. The summed E-state index contributed by atoms with van der Waals surface area (Å²) in [7, 11) is 0. The van der Waals surface area contributed by atoms with Crippen molar-refractivity contribution in [2.45, 2.75) is 33.2 Å². The first-order chi connectivity index (χ1) is 14.6. The third-order valence-corrected chi connectivity index (χ3v) is 4.27. The molecule has 0 unspecified atom stereocenters. The van der Waals surface area contributed by atoms with Crippen LogP contribution >= 0.6 is 0 Å². The Hall–Kier alpha value is -3.42. The second-order valence-electron chi connectivity index (χ2n) is 6.57. The molecule has 3 rings (SSSR count). The van der Waals surface area contributed by atoms with Gasteiger partial charge >= 0.3 is 6.61 Å². The van der Waals surface area contributed by atoms with E-state index in [1.807, 2.05) is 36.0 Å². The zero-order valence-electron chi connectivity index (χ0n) is 16.8. The van der Waals surface area contributed by atoms with Gasteiger partial charge < -0.3 is 15.4 Å². The van der Waals surface area contributed by atoms with E-state index in [9.17, 15) is 8.78 Å². The predicted molar refractivity (Wildman–Crippen MR) is 113 cm³/mol. The maximum atomic E-state index is 12.6. The molecule has 0 saturated heterocycles. The van der Waals surface area contributed by atoms with Crippen LogP contribution < -0.4 is 15.4 Å². The van der Waals surface area contributed by atoms with Crippen LogP contribution in [0.15, 0.2) is 72.0 Å². The molecule has 0 aliphatic rings. The number of guanidine groups is 1. The summed E-state index contributed by atoms with van der Waals surface area (Å²) in [5.74, 6) is 0.734. The van der Waals surface area contributed by atoms with Crippen molar-refractivity contribution in [3.8, 4) is 5.75 Å². The first-order valence-electron chi connectivity index (χ1n) is 9.74. The molecule has 0 spiro atoms. The van der Waals surface area contributed by atoms with Crippen molar-refractivity contribution in [3.05, 3.63) is 83.7 Å². The molecule has 1 aromatic heterocycles. The lowest BCUT2D eigenvalue weighted by Crippen LogP contribution is -2.36. The van der Waals surface area contributed by atoms with Crippen LogP contribution in [0.4, 0.5) is 8.78 Å². The van der Waals surface area contributed by atoms with Gasteiger partial charge in [0.05, 0.1) is 19.3 Å². The largest absolute Gasteiger partial charge is 0.434 e. The molecule has 2 N–H and O–H groups in total. The van der Waals surface area contributed by atoms with Gasteiger partial charge in [-0.3, -0.25) is 4.68 Å². The minimum atomic E-state index is -2.86. The molecular formula is C22H25F2N5O. The quantitative estimate of drug-likeness (QED) is 0.414. The lowest BCUT2D eigenvalue weighted by Gasteiger charge is -2.14. The number of para-hydroxylation sites is 1. The molecule has 0 atom stereocenters. The molecule has 6 nitrogen and oxygen atoms in total. The number of hydrogen-bond acceptors (Lipinski definition) is 3. The first-order valence-corrected chi connectivity index (χ1v) is 9.74. The number of hydrogen-bond donors (Lipinski definition) is 2. The second kappa shape index (κ2) is 10.9. The molecule has 0 aliphatic heterocycles. The van der Waals surface area contributed by atoms with E-state index in [2.05, 4.69) is 37.6 Å². The van der Waals surface area contributed by atoms with E-state index in [1.54, 1.807) is 24.4 Å². The monoisotopic (exact) mass is 413 g/mol. The summed E-state index contributed by atoms with van der Waals surface area (Å²) >= 11 is 0. The van der Waals surface area contributed by atoms with Gasteiger partial charge in [0.2, 0.25) is 0 Å². The number of aromatic nitrogens is 2. The number of nitrogens with zero attached hydrogens (tertiary/aromatic N) is 3. The summed E-state index contributed by atoms with van der Waals surface area (Å²) in [5, 5.41) is 10.7. The minimum Gasteiger partial charge on any atom is -0.434 e. The van der Waals surface area contributed by atoms with Crippen molar-refractivity contribution in [2.75, 3.05) is 6.54 Å². The Morgan fingerprint density at radius 2 is 1.83 bits per heavy atom. The highest BCUT2D eigenvalue weighted by Gasteiger charge is 2.09. The Bertz CT molecular complexity index is 943. The molecule has 0 radical (unpaired) electrons. The zero-order valence-corrected chi connectivity index (χ0v) is 16.8. The number of halogens is 2. The third kappa shape index (κ3) is 6.58. The van der Waals surface area contributed by atoms with E-state index in [1.165, 1.54) is 11.6 Å². The van der Waals surface area contributed by atoms with Crippen LogP contribution in [0.2, 0.25) is 0 Å². The maximum absolute atomic E-state index is 12.6. The van der Waals surface area contributed by atoms with E-state index >= 15 is 0 Å². The summed E-state index contributed by atoms with van der Waals surface area (Å²) in [6.07, 6.45) is 3.76. The Labute approximate surface area is 174 Å². The second-order valence-corrected chi connectivity index (χ2v) is 6.57. The van der Waals surface area contributed by atoms with Gasteiger partial charge in [0, 0.05) is 30.4 Å². The summed E-state index contributed by atoms with van der Waals surface area (Å²) in [5.41, 5.74) is 2.78. The van der Waals surface area contributed by atoms with Crippen molar-refractivity contribution >= 4 is 5.96 Å². The van der Waals surface area contributed by atoms with Gasteiger partial charge in [0.15, 0.2) is 5.96 Å². The third-order valence-electron chi connectivity index (χ3n) is 4.27. The highest BCUT2D eigenvalue weighted by Crippen LogP contribution is 2.19. The fourth-order valence-electron chi connectivity index (χ4n) is 2.90. The van der Waals surface area contributed by atoms with Gasteiger partial charge in [-0.2, -0.15) is 13.9 Å². The van der Waals surface area contributed by atoms with Crippen molar-refractivity contribution < 1.29 is 13.5 Å². The molecule has 8 heteroatoms. The SMILES string of the molecule is CCNC(=NCc1cnn(Cc2ccccc2)c1)NCc1ccccc1OC(F)F. The van der Waals surface area contributed by atoms with Crippen molar-refractivity contribution in [1.82, 2.24) is 20.4 Å². The standard InChI is InChI=1S/C22H25F2N5O/c1-2-25-22(27-14-19-10-6-7-11-20(19)30-21(23)24)26-12-18-13-28-29(16-18)15-17-8-4-3-5-9-17/h3-11,13,16,21H,2,12,14-15H2,1H3,(H2,25,26,27). The number of ether oxygens (including phenoxy) is 1. The van der Waals surface area contributed by atoms with E-state index in [4.69, 9.17) is 0 Å². The Morgan fingerprint density at radius 3 is 2.60 bits per heavy atom. The van der Waals surface area contributed by atoms with E-state index in [0.29, 0.717) is 37.7 Å². The van der Waals surface area contributed by atoms with Crippen LogP contribution in [0, 0.1) is 0 Å². The summed E-state index contributed by atoms with van der Waals surface area (Å²) in [4.78, 5) is 4.56. The number of rotatable bonds is 9. The zero-order chi connectivity index (χ0) is 21.2. The van der Waals surface area contributed by atoms with Crippen LogP contribution in [0.3, 0.4) is 0 Å². The number of alkyl halides is 2. The smallest absolute Gasteiger partial charge is 0.387 e. The minimum absolute atomic E-state index is 0.151. The topological polar surface area (TPSA) is 63.5 Å². The maximum Gasteiger partial charge on any atom is 0.387 e. The Balaban J connectivity index is 1.60. The molecule has 0 fully saturated rings. The van der Waals surface area contributed by atoms with Crippen LogP contribution in [0.25, 0.3) is 0 Å². The van der Waals surface area contributed by atoms with Gasteiger partial charge in [-0.05, 0) is 18.6 Å². The highest BCUT2D eigenvalue weighted by molar-refractivity contribution is 5.79. The first kappa shape index (κ1) is 21.3. The summed E-state index contributed by atoms with van der Waals surface area (Å²) < 4.78 is 31.6. The molecular weight excluding hydrogens is 388 g/mol. The molecule has 3 aromatic rings. The molecule has 158 valence electrons. The fourth-order valence-corrected chi connectivity index (χ4v) is 2.90. The van der Waals surface area contributed by atoms with Gasteiger partial charge in [-0.25, -0.2) is 4.99 Å². The van der Waals surface area contributed by atoms with E-state index in [0.717, 1.165) is 5.56 Å². The Kier molecular flexibility index (Phi) is 7.77. The van der Waals surface area contributed by atoms with Crippen LogP contribution in [-0.4, -0.2) is 28.9 Å². The average Bonchev–Trinajstić information content (AvgIpc) is 3.18. The predicted octanol–water partition coefficient (Wildman–Crippen LogP) is 3.79. The average molecular weight is 413 g/mol. The van der Waals surface area contributed by atoms with Crippen LogP contribution in [0.5, 0.6) is 5.75 Å². The van der Waals surface area contributed by atoms with E-state index < -0.39 is 6.61 Å². The Morgan fingerprint density at radius 1 is 1.07 bits per heavy atom. The number of aliphatic imine (C=N–C) groups is 1. The van der Waals surface area contributed by atoms with Crippen molar-refractivity contribution in [1.29, 1.82) is 0 Å². The molecule has 1 heterocycles. The molecule has 2 aromatic carbocycles. The lowest BCUT2D eigenvalue weighted by molar-refractivity contribution is -0.0504. The van der Waals surface area contributed by atoms with Gasteiger partial charge in [0.25, 0.3) is 0 Å². The van der Waals surface area contributed by atoms with Gasteiger partial charge in [-0.1, -0.05) is 48.5 Å². The molecule has 0 aliphatic carbocycles. The summed E-state index contributed by atoms with van der Waals surface area (Å²) in [6.45, 7) is 1.22. The number of nitrogens with one attached hydrogen (secondary N) is 2. The number of benzene rings is 2. The van der Waals surface area contributed by atoms with Crippen molar-refractivity contribution in [3.63, 3.8) is 0 Å².